The highest BCUT2D eigenvalue weighted by molar-refractivity contribution is 6.11. The van der Waals surface area contributed by atoms with Crippen molar-refractivity contribution in [3.8, 4) is 11.1 Å². The number of rotatable bonds is 7. The number of H-pyrrole nitrogens is 1. The topological polar surface area (TPSA) is 113 Å². The lowest BCUT2D eigenvalue weighted by atomic mass is 10.0. The summed E-state index contributed by atoms with van der Waals surface area (Å²) in [5, 5.41) is 13.5. The predicted octanol–water partition coefficient (Wildman–Crippen LogP) is 4.19. The SMILES string of the molecule is CCC(CC)NC(=O)c1ccc(NC(=O)c2n[nH]c3ccc(-c4cccnc4)cc23)cn1. The highest BCUT2D eigenvalue weighted by atomic mass is 16.2. The summed E-state index contributed by atoms with van der Waals surface area (Å²) in [6.45, 7) is 4.05. The number of pyridine rings is 2. The van der Waals surface area contributed by atoms with Crippen molar-refractivity contribution in [2.24, 2.45) is 0 Å². The maximum atomic E-state index is 12.9. The maximum absolute atomic E-state index is 12.9. The van der Waals surface area contributed by atoms with E-state index in [9.17, 15) is 9.59 Å². The number of aromatic amines is 1. The van der Waals surface area contributed by atoms with Gasteiger partial charge in [-0.25, -0.2) is 4.98 Å². The Kier molecular flexibility index (Phi) is 6.21. The lowest BCUT2D eigenvalue weighted by Gasteiger charge is -2.14. The smallest absolute Gasteiger partial charge is 0.276 e. The van der Waals surface area contributed by atoms with Gasteiger partial charge in [0.25, 0.3) is 11.8 Å². The molecule has 2 amide bonds. The first kappa shape index (κ1) is 21.2. The fourth-order valence-electron chi connectivity index (χ4n) is 3.44. The molecule has 1 aromatic carbocycles. The van der Waals surface area contributed by atoms with Gasteiger partial charge < -0.3 is 10.6 Å². The Balaban J connectivity index is 1.51. The average Bonchev–Trinajstić information content (AvgIpc) is 3.27. The molecule has 0 spiro atoms. The van der Waals surface area contributed by atoms with E-state index in [4.69, 9.17) is 0 Å². The number of nitrogens with zero attached hydrogens (tertiary/aromatic N) is 3. The number of amides is 2. The molecule has 8 heteroatoms. The summed E-state index contributed by atoms with van der Waals surface area (Å²) in [4.78, 5) is 33.5. The number of carbonyl (C=O) groups is 2. The number of hydrogen-bond acceptors (Lipinski definition) is 5. The van der Waals surface area contributed by atoms with Gasteiger partial charge in [-0.3, -0.25) is 19.7 Å². The van der Waals surface area contributed by atoms with Crippen LogP contribution in [-0.2, 0) is 0 Å². The van der Waals surface area contributed by atoms with E-state index in [0.29, 0.717) is 16.8 Å². The average molecular weight is 428 g/mol. The van der Waals surface area contributed by atoms with Crippen molar-refractivity contribution in [3.05, 3.63) is 72.4 Å². The molecule has 0 unspecified atom stereocenters. The second-order valence-electron chi connectivity index (χ2n) is 7.45. The number of anilines is 1. The minimum atomic E-state index is -0.365. The molecular weight excluding hydrogens is 404 g/mol. The van der Waals surface area contributed by atoms with Gasteiger partial charge in [-0.15, -0.1) is 0 Å². The van der Waals surface area contributed by atoms with Crippen LogP contribution in [0, 0.1) is 0 Å². The summed E-state index contributed by atoms with van der Waals surface area (Å²) in [7, 11) is 0. The Morgan fingerprint density at radius 3 is 2.53 bits per heavy atom. The van der Waals surface area contributed by atoms with Gasteiger partial charge in [-0.1, -0.05) is 26.0 Å². The molecule has 0 aliphatic heterocycles. The van der Waals surface area contributed by atoms with Crippen molar-refractivity contribution in [1.29, 1.82) is 0 Å². The van der Waals surface area contributed by atoms with Crippen LogP contribution >= 0.6 is 0 Å². The molecule has 0 aliphatic rings. The van der Waals surface area contributed by atoms with Crippen molar-refractivity contribution in [3.63, 3.8) is 0 Å². The minimum absolute atomic E-state index is 0.119. The lowest BCUT2D eigenvalue weighted by molar-refractivity contribution is 0.0929. The molecule has 0 fully saturated rings. The van der Waals surface area contributed by atoms with E-state index in [0.717, 1.165) is 29.5 Å². The molecule has 4 aromatic rings. The standard InChI is InChI=1S/C24H24N6O2/c1-3-17(4-2)27-23(31)21-10-8-18(14-26-21)28-24(32)22-19-12-15(7-9-20(19)29-30-22)16-6-5-11-25-13-16/h5-14,17H,3-4H2,1-2H3,(H,27,31)(H,28,32)(H,29,30). The van der Waals surface area contributed by atoms with E-state index >= 15 is 0 Å². The fourth-order valence-corrected chi connectivity index (χ4v) is 3.44. The largest absolute Gasteiger partial charge is 0.348 e. The molecule has 0 aliphatic carbocycles. The zero-order chi connectivity index (χ0) is 22.5. The summed E-state index contributed by atoms with van der Waals surface area (Å²) in [5.74, 6) is -0.589. The number of hydrogen-bond donors (Lipinski definition) is 3. The normalized spacial score (nSPS) is 11.0. The van der Waals surface area contributed by atoms with E-state index < -0.39 is 0 Å². The number of carbonyl (C=O) groups excluding carboxylic acids is 2. The third-order valence-electron chi connectivity index (χ3n) is 5.35. The summed E-state index contributed by atoms with van der Waals surface area (Å²) >= 11 is 0. The van der Waals surface area contributed by atoms with Crippen LogP contribution in [0.15, 0.2) is 61.1 Å². The highest BCUT2D eigenvalue weighted by Gasteiger charge is 2.16. The van der Waals surface area contributed by atoms with Gasteiger partial charge in [-0.05, 0) is 48.7 Å². The van der Waals surface area contributed by atoms with E-state index in [2.05, 4.69) is 30.8 Å². The van der Waals surface area contributed by atoms with E-state index in [1.165, 1.54) is 6.20 Å². The van der Waals surface area contributed by atoms with Gasteiger partial charge in [0.15, 0.2) is 5.69 Å². The Hall–Kier alpha value is -4.07. The monoisotopic (exact) mass is 428 g/mol. The molecule has 162 valence electrons. The van der Waals surface area contributed by atoms with Gasteiger partial charge in [0.1, 0.15) is 5.69 Å². The number of aromatic nitrogens is 4. The molecular formula is C24H24N6O2. The number of nitrogens with one attached hydrogen (secondary N) is 3. The van der Waals surface area contributed by atoms with Crippen LogP contribution in [0.2, 0.25) is 0 Å². The first-order valence-electron chi connectivity index (χ1n) is 10.6. The molecule has 0 radical (unpaired) electrons. The van der Waals surface area contributed by atoms with Crippen LogP contribution in [0.5, 0.6) is 0 Å². The molecule has 3 heterocycles. The van der Waals surface area contributed by atoms with E-state index in [1.54, 1.807) is 24.5 Å². The molecule has 0 bridgehead atoms. The summed E-state index contributed by atoms with van der Waals surface area (Å²) < 4.78 is 0. The van der Waals surface area contributed by atoms with Crippen LogP contribution in [0.4, 0.5) is 5.69 Å². The first-order chi connectivity index (χ1) is 15.6. The van der Waals surface area contributed by atoms with Gasteiger partial charge in [0, 0.05) is 29.4 Å². The van der Waals surface area contributed by atoms with Crippen LogP contribution < -0.4 is 10.6 Å². The van der Waals surface area contributed by atoms with Gasteiger partial charge in [0.05, 0.1) is 17.4 Å². The molecule has 3 aromatic heterocycles. The van der Waals surface area contributed by atoms with Crippen LogP contribution in [0.3, 0.4) is 0 Å². The predicted molar refractivity (Wildman–Crippen MR) is 123 cm³/mol. The molecule has 32 heavy (non-hydrogen) atoms. The third-order valence-corrected chi connectivity index (χ3v) is 5.35. The molecule has 4 rings (SSSR count). The van der Waals surface area contributed by atoms with Crippen molar-refractivity contribution in [2.45, 2.75) is 32.7 Å². The number of benzene rings is 1. The zero-order valence-electron chi connectivity index (χ0n) is 17.9. The molecule has 0 atom stereocenters. The van der Waals surface area contributed by atoms with Crippen molar-refractivity contribution < 1.29 is 9.59 Å². The quantitative estimate of drug-likeness (QED) is 0.408. The van der Waals surface area contributed by atoms with E-state index in [1.807, 2.05) is 44.2 Å². The van der Waals surface area contributed by atoms with Gasteiger partial charge in [-0.2, -0.15) is 5.10 Å². The molecule has 3 N–H and O–H groups in total. The fraction of sp³-hybridized carbons (Fsp3) is 0.208. The molecule has 0 saturated heterocycles. The first-order valence-corrected chi connectivity index (χ1v) is 10.6. The second-order valence-corrected chi connectivity index (χ2v) is 7.45. The van der Waals surface area contributed by atoms with E-state index in [-0.39, 0.29) is 23.6 Å². The Morgan fingerprint density at radius 2 is 1.84 bits per heavy atom. The summed E-state index contributed by atoms with van der Waals surface area (Å²) in [6.07, 6.45) is 6.67. The summed E-state index contributed by atoms with van der Waals surface area (Å²) in [5.41, 5.74) is 3.72. The van der Waals surface area contributed by atoms with Gasteiger partial charge >= 0.3 is 0 Å². The van der Waals surface area contributed by atoms with Crippen LogP contribution in [0.1, 0.15) is 47.7 Å². The molecule has 8 nitrogen and oxygen atoms in total. The number of fused-ring (bicyclic) bond motifs is 1. The maximum Gasteiger partial charge on any atom is 0.276 e. The van der Waals surface area contributed by atoms with Crippen molar-refractivity contribution >= 4 is 28.4 Å². The minimum Gasteiger partial charge on any atom is -0.348 e. The van der Waals surface area contributed by atoms with Crippen LogP contribution in [0.25, 0.3) is 22.0 Å². The summed E-state index contributed by atoms with van der Waals surface area (Å²) in [6, 6.07) is 12.9. The highest BCUT2D eigenvalue weighted by Crippen LogP contribution is 2.25. The van der Waals surface area contributed by atoms with Crippen LogP contribution in [-0.4, -0.2) is 38.0 Å². The van der Waals surface area contributed by atoms with Gasteiger partial charge in [0.2, 0.25) is 0 Å². The Labute approximate surface area is 185 Å². The molecule has 0 saturated carbocycles. The van der Waals surface area contributed by atoms with Crippen molar-refractivity contribution in [1.82, 2.24) is 25.5 Å². The lowest BCUT2D eigenvalue weighted by Crippen LogP contribution is -2.34. The Bertz CT molecular complexity index is 1230. The van der Waals surface area contributed by atoms with Crippen molar-refractivity contribution in [2.75, 3.05) is 5.32 Å². The Morgan fingerprint density at radius 1 is 1.00 bits per heavy atom. The second kappa shape index (κ2) is 9.38. The third kappa shape index (κ3) is 4.49. The zero-order valence-corrected chi connectivity index (χ0v) is 17.9.